The van der Waals surface area contributed by atoms with Gasteiger partial charge in [0.25, 0.3) is 0 Å². The summed E-state index contributed by atoms with van der Waals surface area (Å²) in [5.74, 6) is 0. The van der Waals surface area contributed by atoms with Crippen molar-refractivity contribution in [1.29, 1.82) is 5.26 Å². The Kier molecular flexibility index (Phi) is 4.27. The van der Waals surface area contributed by atoms with Crippen LogP contribution in [0.3, 0.4) is 0 Å². The van der Waals surface area contributed by atoms with Crippen molar-refractivity contribution >= 4 is 10.0 Å². The minimum atomic E-state index is -3.43. The molecule has 1 aromatic carbocycles. The minimum Gasteiger partial charge on any atom is -0.207 e. The highest BCUT2D eigenvalue weighted by Crippen LogP contribution is 2.20. The van der Waals surface area contributed by atoms with Gasteiger partial charge in [-0.1, -0.05) is 6.92 Å². The Morgan fingerprint density at radius 1 is 1.41 bits per heavy atom. The van der Waals surface area contributed by atoms with Gasteiger partial charge in [0, 0.05) is 13.6 Å². The molecule has 0 atom stereocenters. The van der Waals surface area contributed by atoms with E-state index in [0.29, 0.717) is 17.7 Å². The van der Waals surface area contributed by atoms with Crippen molar-refractivity contribution in [3.05, 3.63) is 29.3 Å². The number of nitriles is 1. The number of hydrogen-bond acceptors (Lipinski definition) is 3. The summed E-state index contributed by atoms with van der Waals surface area (Å²) in [4.78, 5) is 0.271. The molecule has 0 spiro atoms. The van der Waals surface area contributed by atoms with Gasteiger partial charge in [-0.05, 0) is 37.1 Å². The average molecular weight is 252 g/mol. The van der Waals surface area contributed by atoms with Crippen LogP contribution in [-0.2, 0) is 10.0 Å². The average Bonchev–Trinajstić information content (AvgIpc) is 2.28. The van der Waals surface area contributed by atoms with Crippen LogP contribution >= 0.6 is 0 Å². The van der Waals surface area contributed by atoms with E-state index in [4.69, 9.17) is 5.26 Å². The van der Waals surface area contributed by atoms with E-state index in [1.165, 1.54) is 16.4 Å². The van der Waals surface area contributed by atoms with Crippen molar-refractivity contribution in [3.8, 4) is 6.07 Å². The molecule has 5 heteroatoms. The van der Waals surface area contributed by atoms with Crippen LogP contribution in [0.4, 0.5) is 0 Å². The number of hydrogen-bond donors (Lipinski definition) is 0. The van der Waals surface area contributed by atoms with Gasteiger partial charge >= 0.3 is 0 Å². The summed E-state index contributed by atoms with van der Waals surface area (Å²) in [6.07, 6.45) is 0.769. The molecule has 0 aromatic heterocycles. The number of benzene rings is 1. The Morgan fingerprint density at radius 2 is 2.06 bits per heavy atom. The van der Waals surface area contributed by atoms with Crippen LogP contribution in [0.15, 0.2) is 23.1 Å². The van der Waals surface area contributed by atoms with Gasteiger partial charge in [0.2, 0.25) is 10.0 Å². The lowest BCUT2D eigenvalue weighted by Gasteiger charge is -2.17. The van der Waals surface area contributed by atoms with Crippen molar-refractivity contribution in [2.45, 2.75) is 25.2 Å². The molecule has 0 heterocycles. The van der Waals surface area contributed by atoms with Gasteiger partial charge in [-0.25, -0.2) is 12.7 Å². The molecule has 0 N–H and O–H groups in total. The summed E-state index contributed by atoms with van der Waals surface area (Å²) < 4.78 is 25.7. The van der Waals surface area contributed by atoms with Crippen molar-refractivity contribution in [2.24, 2.45) is 0 Å². The van der Waals surface area contributed by atoms with Gasteiger partial charge in [0.1, 0.15) is 0 Å². The van der Waals surface area contributed by atoms with Gasteiger partial charge in [-0.2, -0.15) is 5.26 Å². The lowest BCUT2D eigenvalue weighted by molar-refractivity contribution is 0.468. The molecular weight excluding hydrogens is 236 g/mol. The summed E-state index contributed by atoms with van der Waals surface area (Å²) in [6, 6.07) is 6.61. The predicted molar refractivity (Wildman–Crippen MR) is 66.0 cm³/mol. The summed E-state index contributed by atoms with van der Waals surface area (Å²) in [5.41, 5.74) is 1.08. The van der Waals surface area contributed by atoms with Gasteiger partial charge < -0.3 is 0 Å². The normalized spacial score (nSPS) is 11.5. The molecule has 0 aliphatic rings. The molecule has 17 heavy (non-hydrogen) atoms. The third-order valence-electron chi connectivity index (χ3n) is 2.53. The molecule has 0 saturated heterocycles. The molecule has 1 aromatic rings. The first-order valence-electron chi connectivity index (χ1n) is 5.40. The van der Waals surface area contributed by atoms with Crippen molar-refractivity contribution in [1.82, 2.24) is 4.31 Å². The lowest BCUT2D eigenvalue weighted by atomic mass is 10.2. The van der Waals surface area contributed by atoms with Crippen molar-refractivity contribution in [2.75, 3.05) is 13.6 Å². The first-order valence-corrected chi connectivity index (χ1v) is 6.84. The van der Waals surface area contributed by atoms with Crippen LogP contribution in [-0.4, -0.2) is 26.3 Å². The SMILES string of the molecule is CCCN(C)S(=O)(=O)c1ccc(C#N)cc1C. The van der Waals surface area contributed by atoms with Crippen molar-refractivity contribution < 1.29 is 8.42 Å². The van der Waals surface area contributed by atoms with Crippen LogP contribution in [0, 0.1) is 18.3 Å². The molecule has 1 rings (SSSR count). The lowest BCUT2D eigenvalue weighted by Crippen LogP contribution is -2.28. The summed E-state index contributed by atoms with van der Waals surface area (Å²) in [6.45, 7) is 4.12. The highest BCUT2D eigenvalue weighted by atomic mass is 32.2. The third kappa shape index (κ3) is 2.84. The van der Waals surface area contributed by atoms with Gasteiger partial charge in [0.05, 0.1) is 16.5 Å². The van der Waals surface area contributed by atoms with Crippen LogP contribution in [0.1, 0.15) is 24.5 Å². The van der Waals surface area contributed by atoms with E-state index < -0.39 is 10.0 Å². The molecule has 0 bridgehead atoms. The largest absolute Gasteiger partial charge is 0.243 e. The molecule has 92 valence electrons. The molecule has 0 aliphatic carbocycles. The molecule has 0 fully saturated rings. The quantitative estimate of drug-likeness (QED) is 0.822. The molecule has 0 unspecified atom stereocenters. The topological polar surface area (TPSA) is 61.2 Å². The Morgan fingerprint density at radius 3 is 2.53 bits per heavy atom. The first kappa shape index (κ1) is 13.7. The molecule has 0 aliphatic heterocycles. The maximum atomic E-state index is 12.2. The van der Waals surface area contributed by atoms with Gasteiger partial charge in [-0.15, -0.1) is 0 Å². The molecule has 0 amide bonds. The Bertz CT molecular complexity index is 544. The number of nitrogens with zero attached hydrogens (tertiary/aromatic N) is 2. The van der Waals surface area contributed by atoms with Crippen LogP contribution in [0.2, 0.25) is 0 Å². The molecular formula is C12H16N2O2S. The molecule has 0 saturated carbocycles. The fraction of sp³-hybridized carbons (Fsp3) is 0.417. The van der Waals surface area contributed by atoms with Crippen molar-refractivity contribution in [3.63, 3.8) is 0 Å². The number of sulfonamides is 1. The standard InChI is InChI=1S/C12H16N2O2S/c1-4-7-14(3)17(15,16)12-6-5-11(9-13)8-10(12)2/h5-6,8H,4,7H2,1-3H3. The minimum absolute atomic E-state index is 0.271. The highest BCUT2D eigenvalue weighted by Gasteiger charge is 2.21. The second-order valence-corrected chi connectivity index (χ2v) is 5.93. The zero-order chi connectivity index (χ0) is 13.1. The molecule has 4 nitrogen and oxygen atoms in total. The fourth-order valence-electron chi connectivity index (χ4n) is 1.61. The Labute approximate surface area is 103 Å². The van der Waals surface area contributed by atoms with E-state index in [1.807, 2.05) is 13.0 Å². The van der Waals surface area contributed by atoms with E-state index in [9.17, 15) is 8.42 Å². The highest BCUT2D eigenvalue weighted by molar-refractivity contribution is 7.89. The van der Waals surface area contributed by atoms with E-state index in [1.54, 1.807) is 20.0 Å². The Balaban J connectivity index is 3.21. The third-order valence-corrected chi connectivity index (χ3v) is 4.55. The predicted octanol–water partition coefficient (Wildman–Crippen LogP) is 1.90. The summed E-state index contributed by atoms with van der Waals surface area (Å²) >= 11 is 0. The van der Waals surface area contributed by atoms with E-state index in [0.717, 1.165) is 6.42 Å². The van der Waals surface area contributed by atoms with E-state index in [2.05, 4.69) is 0 Å². The smallest absolute Gasteiger partial charge is 0.207 e. The maximum Gasteiger partial charge on any atom is 0.243 e. The van der Waals surface area contributed by atoms with Gasteiger partial charge in [0.15, 0.2) is 0 Å². The van der Waals surface area contributed by atoms with E-state index in [-0.39, 0.29) is 4.90 Å². The fourth-order valence-corrected chi connectivity index (χ4v) is 3.08. The summed E-state index contributed by atoms with van der Waals surface area (Å²) in [7, 11) is -1.87. The molecule has 0 radical (unpaired) electrons. The van der Waals surface area contributed by atoms with Crippen LogP contribution in [0.5, 0.6) is 0 Å². The maximum absolute atomic E-state index is 12.2. The number of aryl methyl sites for hydroxylation is 1. The van der Waals surface area contributed by atoms with E-state index >= 15 is 0 Å². The van der Waals surface area contributed by atoms with Crippen LogP contribution in [0.25, 0.3) is 0 Å². The van der Waals surface area contributed by atoms with Gasteiger partial charge in [-0.3, -0.25) is 0 Å². The zero-order valence-electron chi connectivity index (χ0n) is 10.3. The second-order valence-electron chi connectivity index (χ2n) is 3.92. The first-order chi connectivity index (χ1) is 7.93. The second kappa shape index (κ2) is 5.30. The monoisotopic (exact) mass is 252 g/mol. The Hall–Kier alpha value is -1.38. The van der Waals surface area contributed by atoms with Crippen LogP contribution < -0.4 is 0 Å². The zero-order valence-corrected chi connectivity index (χ0v) is 11.1. The summed E-state index contributed by atoms with van der Waals surface area (Å²) in [5, 5.41) is 8.74. The number of rotatable bonds is 4.